The first-order valence-corrected chi connectivity index (χ1v) is 7.29. The fourth-order valence-electron chi connectivity index (χ4n) is 3.12. The summed E-state index contributed by atoms with van der Waals surface area (Å²) >= 11 is 3.45. The van der Waals surface area contributed by atoms with Gasteiger partial charge >= 0.3 is 0 Å². The van der Waals surface area contributed by atoms with E-state index >= 15 is 0 Å². The molecule has 2 heterocycles. The Bertz CT molecular complexity index is 532. The van der Waals surface area contributed by atoms with Crippen molar-refractivity contribution in [3.8, 4) is 0 Å². The second-order valence-electron chi connectivity index (χ2n) is 5.08. The molecule has 19 heavy (non-hydrogen) atoms. The van der Waals surface area contributed by atoms with Crippen LogP contribution < -0.4 is 10.2 Å². The summed E-state index contributed by atoms with van der Waals surface area (Å²) < 4.78 is 0.951. The quantitative estimate of drug-likeness (QED) is 0.847. The molecule has 0 spiro atoms. The Hall–Kier alpha value is -1.36. The smallest absolute Gasteiger partial charge is 0.225 e. The third-order valence-electron chi connectivity index (χ3n) is 4.03. The summed E-state index contributed by atoms with van der Waals surface area (Å²) in [4.78, 5) is 25.2. The van der Waals surface area contributed by atoms with Gasteiger partial charge in [-0.15, -0.1) is 0 Å². The van der Waals surface area contributed by atoms with Crippen molar-refractivity contribution in [1.82, 2.24) is 5.32 Å². The fourth-order valence-corrected chi connectivity index (χ4v) is 3.46. The highest BCUT2D eigenvalue weighted by molar-refractivity contribution is 9.10. The average Bonchev–Trinajstić information content (AvgIpc) is 2.81. The third kappa shape index (κ3) is 2.16. The van der Waals surface area contributed by atoms with Gasteiger partial charge in [0.1, 0.15) is 0 Å². The first kappa shape index (κ1) is 12.7. The molecule has 0 aliphatic carbocycles. The highest BCUT2D eigenvalue weighted by Crippen LogP contribution is 2.34. The molecule has 5 heteroatoms. The minimum absolute atomic E-state index is 0.0623. The summed E-state index contributed by atoms with van der Waals surface area (Å²) in [7, 11) is 0. The highest BCUT2D eigenvalue weighted by Gasteiger charge is 2.41. The zero-order valence-corrected chi connectivity index (χ0v) is 12.0. The number of amides is 1. The van der Waals surface area contributed by atoms with E-state index in [0.717, 1.165) is 35.8 Å². The number of halogens is 1. The molecule has 2 atom stereocenters. The van der Waals surface area contributed by atoms with E-state index in [4.69, 9.17) is 0 Å². The molecule has 2 unspecified atom stereocenters. The molecule has 0 saturated carbocycles. The predicted molar refractivity (Wildman–Crippen MR) is 76.4 cm³/mol. The fraction of sp³-hybridized carbons (Fsp3) is 0.429. The predicted octanol–water partition coefficient (Wildman–Crippen LogP) is 1.98. The Labute approximate surface area is 120 Å². The monoisotopic (exact) mass is 322 g/mol. The first-order chi connectivity index (χ1) is 9.20. The van der Waals surface area contributed by atoms with Crippen molar-refractivity contribution in [1.29, 1.82) is 0 Å². The van der Waals surface area contributed by atoms with Gasteiger partial charge in [-0.25, -0.2) is 0 Å². The molecule has 2 aliphatic heterocycles. The molecule has 1 amide bonds. The summed E-state index contributed by atoms with van der Waals surface area (Å²) in [5, 5.41) is 2.93. The van der Waals surface area contributed by atoms with Crippen LogP contribution >= 0.6 is 15.9 Å². The molecule has 1 N–H and O–H groups in total. The van der Waals surface area contributed by atoms with Gasteiger partial charge in [0.15, 0.2) is 6.29 Å². The summed E-state index contributed by atoms with van der Waals surface area (Å²) in [5.74, 6) is 0.213. The topological polar surface area (TPSA) is 49.4 Å². The molecule has 2 aliphatic rings. The molecule has 0 aromatic heterocycles. The number of hydrogen-bond donors (Lipinski definition) is 1. The van der Waals surface area contributed by atoms with Gasteiger partial charge in [-0.1, -0.05) is 15.9 Å². The lowest BCUT2D eigenvalue weighted by Gasteiger charge is -2.38. The van der Waals surface area contributed by atoms with Crippen molar-refractivity contribution in [2.24, 2.45) is 5.92 Å². The van der Waals surface area contributed by atoms with Gasteiger partial charge in [-0.2, -0.15) is 0 Å². The average molecular weight is 323 g/mol. The SMILES string of the molecule is O=Cc1ccc(Br)cc1N1CCCC2C(=O)NCC21. The second-order valence-corrected chi connectivity index (χ2v) is 5.99. The van der Waals surface area contributed by atoms with Gasteiger partial charge in [-0.05, 0) is 31.0 Å². The molecular formula is C14H15BrN2O2. The lowest BCUT2D eigenvalue weighted by Crippen LogP contribution is -2.46. The first-order valence-electron chi connectivity index (χ1n) is 6.50. The van der Waals surface area contributed by atoms with E-state index in [0.29, 0.717) is 12.1 Å². The van der Waals surface area contributed by atoms with E-state index in [1.165, 1.54) is 0 Å². The Morgan fingerprint density at radius 1 is 1.42 bits per heavy atom. The number of fused-ring (bicyclic) bond motifs is 1. The number of aldehydes is 1. The molecule has 3 rings (SSSR count). The van der Waals surface area contributed by atoms with Crippen LogP contribution in [0.5, 0.6) is 0 Å². The minimum atomic E-state index is 0.0623. The van der Waals surface area contributed by atoms with Crippen LogP contribution in [0.4, 0.5) is 5.69 Å². The number of carbonyl (C=O) groups is 2. The lowest BCUT2D eigenvalue weighted by molar-refractivity contribution is -0.122. The van der Waals surface area contributed by atoms with Crippen molar-refractivity contribution in [3.05, 3.63) is 28.2 Å². The Morgan fingerprint density at radius 2 is 2.26 bits per heavy atom. The zero-order chi connectivity index (χ0) is 13.4. The minimum Gasteiger partial charge on any atom is -0.365 e. The zero-order valence-electron chi connectivity index (χ0n) is 10.4. The number of hydrogen-bond acceptors (Lipinski definition) is 3. The standard InChI is InChI=1S/C14H15BrN2O2/c15-10-4-3-9(8-18)12(6-10)17-5-1-2-11-13(17)7-16-14(11)19/h3-4,6,8,11,13H,1-2,5,7H2,(H,16,19). The molecule has 2 fully saturated rings. The van der Waals surface area contributed by atoms with Crippen LogP contribution in [0.1, 0.15) is 23.2 Å². The van der Waals surface area contributed by atoms with Gasteiger partial charge in [-0.3, -0.25) is 9.59 Å². The van der Waals surface area contributed by atoms with Crippen LogP contribution in [0.25, 0.3) is 0 Å². The van der Waals surface area contributed by atoms with Crippen LogP contribution in [0, 0.1) is 5.92 Å². The van der Waals surface area contributed by atoms with E-state index in [-0.39, 0.29) is 17.9 Å². The van der Waals surface area contributed by atoms with Crippen LogP contribution in [0.2, 0.25) is 0 Å². The summed E-state index contributed by atoms with van der Waals surface area (Å²) in [5.41, 5.74) is 1.61. The summed E-state index contributed by atoms with van der Waals surface area (Å²) in [6.07, 6.45) is 2.81. The van der Waals surface area contributed by atoms with Gasteiger partial charge in [0.2, 0.25) is 5.91 Å². The van der Waals surface area contributed by atoms with Crippen molar-refractivity contribution in [2.45, 2.75) is 18.9 Å². The number of benzene rings is 1. The van der Waals surface area contributed by atoms with E-state index in [9.17, 15) is 9.59 Å². The van der Waals surface area contributed by atoms with Gasteiger partial charge < -0.3 is 10.2 Å². The van der Waals surface area contributed by atoms with Crippen molar-refractivity contribution in [3.63, 3.8) is 0 Å². The number of anilines is 1. The Balaban J connectivity index is 1.99. The summed E-state index contributed by atoms with van der Waals surface area (Å²) in [6, 6.07) is 5.83. The van der Waals surface area contributed by atoms with E-state index in [2.05, 4.69) is 26.1 Å². The Morgan fingerprint density at radius 3 is 3.05 bits per heavy atom. The van der Waals surface area contributed by atoms with Crippen molar-refractivity contribution in [2.75, 3.05) is 18.0 Å². The highest BCUT2D eigenvalue weighted by atomic mass is 79.9. The maximum absolute atomic E-state index is 11.8. The second kappa shape index (κ2) is 4.96. The lowest BCUT2D eigenvalue weighted by atomic mass is 9.90. The number of carbonyl (C=O) groups excluding carboxylic acids is 2. The van der Waals surface area contributed by atoms with Crippen molar-refractivity contribution >= 4 is 33.8 Å². The largest absolute Gasteiger partial charge is 0.365 e. The molecule has 4 nitrogen and oxygen atoms in total. The number of rotatable bonds is 2. The maximum atomic E-state index is 11.8. The third-order valence-corrected chi connectivity index (χ3v) is 4.52. The molecule has 0 radical (unpaired) electrons. The van der Waals surface area contributed by atoms with Crippen molar-refractivity contribution < 1.29 is 9.59 Å². The molecule has 0 bridgehead atoms. The number of nitrogens with zero attached hydrogens (tertiary/aromatic N) is 1. The molecule has 1 aromatic rings. The van der Waals surface area contributed by atoms with E-state index in [1.807, 2.05) is 18.2 Å². The van der Waals surface area contributed by atoms with Crippen LogP contribution in [0.15, 0.2) is 22.7 Å². The van der Waals surface area contributed by atoms with Gasteiger partial charge in [0, 0.05) is 28.8 Å². The molecule has 100 valence electrons. The van der Waals surface area contributed by atoms with E-state index in [1.54, 1.807) is 0 Å². The maximum Gasteiger partial charge on any atom is 0.225 e. The Kier molecular flexibility index (Phi) is 3.31. The van der Waals surface area contributed by atoms with E-state index < -0.39 is 0 Å². The van der Waals surface area contributed by atoms with Crippen LogP contribution in [-0.4, -0.2) is 31.3 Å². The molecule has 1 aromatic carbocycles. The van der Waals surface area contributed by atoms with Gasteiger partial charge in [0.25, 0.3) is 0 Å². The number of nitrogens with one attached hydrogen (secondary N) is 1. The summed E-state index contributed by atoms with van der Waals surface area (Å²) in [6.45, 7) is 1.57. The molecule has 2 saturated heterocycles. The molecular weight excluding hydrogens is 308 g/mol. The normalized spacial score (nSPS) is 25.9. The van der Waals surface area contributed by atoms with Gasteiger partial charge in [0.05, 0.1) is 12.0 Å². The van der Waals surface area contributed by atoms with Crippen LogP contribution in [-0.2, 0) is 4.79 Å². The van der Waals surface area contributed by atoms with Crippen LogP contribution in [0.3, 0.4) is 0 Å². The number of piperidine rings is 1.